The first-order valence-corrected chi connectivity index (χ1v) is 33.1. The molecule has 0 spiro atoms. The molecule has 10 N–H and O–H groups in total. The maximum atomic E-state index is 15.1. The third-order valence-corrected chi connectivity index (χ3v) is 16.5. The van der Waals surface area contributed by atoms with Gasteiger partial charge in [-0.1, -0.05) is 116 Å². The third kappa shape index (κ3) is 24.4. The van der Waals surface area contributed by atoms with E-state index in [9.17, 15) is 61.1 Å². The Hall–Kier alpha value is -8.33. The SMILES string of the molecule is CC(C)C[C@@H]1NC(=O)[C@H](CCCNC(=O)OC(C)(C)C)NC(=O)[C@H](C(C)C)NC(=O)[C@@H]2CCCN2C(=O)[C@@H](Cc2ccccc2)NC(=O)[C@H](CC(C)C)NC(=O)[C@H](CCCNC(=O)C(F)(F)F)NC(=O)[C@H](C(C)C)NC(=O)[C@@H]2CCCN2C(=O)[C@@H](Cc2ccccc2)NC1=O. The summed E-state index contributed by atoms with van der Waals surface area (Å²) in [6, 6.07) is 3.78. The Bertz CT molecular complexity index is 2980. The summed E-state index contributed by atoms with van der Waals surface area (Å²) >= 11 is 0. The number of hydrogen-bond acceptors (Lipinski definition) is 13. The lowest BCUT2D eigenvalue weighted by molar-refractivity contribution is -0.173. The van der Waals surface area contributed by atoms with Crippen molar-refractivity contribution in [3.05, 3.63) is 71.8 Å². The first-order chi connectivity index (χ1) is 44.6. The molecular formula is C67H99F3N12O13. The average Bonchev–Trinajstić information content (AvgIpc) is 1.78. The highest BCUT2D eigenvalue weighted by molar-refractivity contribution is 6.00. The Morgan fingerprint density at radius 3 is 1.18 bits per heavy atom. The number of halogens is 3. The predicted octanol–water partition coefficient (Wildman–Crippen LogP) is 3.51. The van der Waals surface area contributed by atoms with Crippen LogP contribution in [0.25, 0.3) is 0 Å². The standard InChI is InChI=1S/C67H99F3N12O13/c1-38(2)34-46-56(85)77-48(36-42-22-14-12-15-23-42)62(91)82-33-21-29-51(82)59(88)80-53(41(7)8)61(90)74-45(27-19-31-72-65(94)95-66(9,10)11)55(84)76-47(35-39(3)4)57(86)78-49(37-43-24-16-13-17-25-43)63(92)81-32-20-28-50(81)58(87)79-52(40(5)6)60(89)73-44(54(83)75-46)26-18-30-71-64(93)67(68,69)70/h12-17,22-25,38-41,44-53H,18-21,26-37H2,1-11H3,(H,71,93)(H,72,94)(H,73,89)(H,74,90)(H,75,83)(H,76,84)(H,77,85)(H,78,86)(H,79,87)(H,80,88)/t44-,45-,46-,47-,48+,49+,50-,51-,52-,53-/m0/s1. The van der Waals surface area contributed by atoms with Crippen molar-refractivity contribution in [2.24, 2.45) is 23.7 Å². The fourth-order valence-electron chi connectivity index (χ4n) is 11.6. The van der Waals surface area contributed by atoms with Crippen molar-refractivity contribution in [3.8, 4) is 0 Å². The highest BCUT2D eigenvalue weighted by Crippen LogP contribution is 2.24. The summed E-state index contributed by atoms with van der Waals surface area (Å²) in [5.74, 6) is -12.1. The second-order valence-corrected chi connectivity index (χ2v) is 27.3. The van der Waals surface area contributed by atoms with E-state index < -0.39 is 168 Å². The number of nitrogens with one attached hydrogen (secondary N) is 10. The number of nitrogens with zero attached hydrogens (tertiary/aromatic N) is 2. The van der Waals surface area contributed by atoms with E-state index >= 15 is 9.59 Å². The van der Waals surface area contributed by atoms with Crippen LogP contribution < -0.4 is 53.2 Å². The molecule has 0 unspecified atom stereocenters. The van der Waals surface area contributed by atoms with Gasteiger partial charge in [-0.05, 0) is 120 Å². The number of carbonyl (C=O) groups is 12. The van der Waals surface area contributed by atoms with Crippen LogP contribution in [0.4, 0.5) is 18.0 Å². The van der Waals surface area contributed by atoms with E-state index in [1.807, 2.05) is 13.8 Å². The zero-order chi connectivity index (χ0) is 70.5. The fraction of sp³-hybridized carbons (Fsp3) is 0.642. The minimum absolute atomic E-state index is 0.00799. The van der Waals surface area contributed by atoms with Gasteiger partial charge in [0.1, 0.15) is 66.0 Å². The van der Waals surface area contributed by atoms with Crippen LogP contribution in [0.15, 0.2) is 60.7 Å². The summed E-state index contributed by atoms with van der Waals surface area (Å²) in [5, 5.41) is 26.5. The van der Waals surface area contributed by atoms with Gasteiger partial charge in [-0.3, -0.25) is 52.7 Å². The molecule has 0 saturated carbocycles. The highest BCUT2D eigenvalue weighted by Gasteiger charge is 2.44. The van der Waals surface area contributed by atoms with Crippen molar-refractivity contribution in [3.63, 3.8) is 0 Å². The van der Waals surface area contributed by atoms with Gasteiger partial charge in [0.05, 0.1) is 0 Å². The number of carbonyl (C=O) groups excluding carboxylic acids is 12. The number of alkyl carbamates (subject to hydrolysis) is 1. The Balaban J connectivity index is 1.62. The molecule has 3 heterocycles. The van der Waals surface area contributed by atoms with E-state index in [2.05, 4.69) is 47.9 Å². The van der Waals surface area contributed by atoms with Crippen LogP contribution in [0.5, 0.6) is 0 Å². The number of hydrogen-bond donors (Lipinski definition) is 10. The van der Waals surface area contributed by atoms with Gasteiger partial charge in [-0.2, -0.15) is 13.2 Å². The topological polar surface area (TPSA) is 341 Å². The van der Waals surface area contributed by atoms with Gasteiger partial charge in [0.25, 0.3) is 0 Å². The summed E-state index contributed by atoms with van der Waals surface area (Å²) in [5.41, 5.74) is 0.400. The quantitative estimate of drug-likeness (QED) is 0.0957. The van der Waals surface area contributed by atoms with Gasteiger partial charge >= 0.3 is 18.2 Å². The molecular weight excluding hydrogens is 1240 g/mol. The van der Waals surface area contributed by atoms with Crippen molar-refractivity contribution in [1.29, 1.82) is 0 Å². The van der Waals surface area contributed by atoms with Gasteiger partial charge < -0.3 is 67.7 Å². The van der Waals surface area contributed by atoms with Crippen LogP contribution in [0.3, 0.4) is 0 Å². The summed E-state index contributed by atoms with van der Waals surface area (Å²) in [6.45, 7) is 18.2. The van der Waals surface area contributed by atoms with Gasteiger partial charge in [0, 0.05) is 39.0 Å². The summed E-state index contributed by atoms with van der Waals surface area (Å²) in [7, 11) is 0. The van der Waals surface area contributed by atoms with Crippen LogP contribution in [0.1, 0.15) is 151 Å². The van der Waals surface area contributed by atoms with Crippen molar-refractivity contribution >= 4 is 71.1 Å². The van der Waals surface area contributed by atoms with Crippen molar-refractivity contribution < 1.29 is 75.4 Å². The molecule has 28 heteroatoms. The zero-order valence-corrected chi connectivity index (χ0v) is 56.5. The number of fused-ring (bicyclic) bond motifs is 2. The van der Waals surface area contributed by atoms with Gasteiger partial charge in [-0.25, -0.2) is 4.79 Å². The molecule has 25 nitrogen and oxygen atoms in total. The van der Waals surface area contributed by atoms with E-state index in [-0.39, 0.29) is 89.3 Å². The van der Waals surface area contributed by atoms with E-state index in [0.717, 1.165) is 0 Å². The fourth-order valence-corrected chi connectivity index (χ4v) is 11.6. The van der Waals surface area contributed by atoms with Crippen LogP contribution >= 0.6 is 0 Å². The van der Waals surface area contributed by atoms with Crippen LogP contribution in [0.2, 0.25) is 0 Å². The molecule has 526 valence electrons. The maximum Gasteiger partial charge on any atom is 0.471 e. The van der Waals surface area contributed by atoms with Crippen molar-refractivity contribution in [1.82, 2.24) is 63.0 Å². The number of amides is 12. The molecule has 0 aromatic heterocycles. The molecule has 3 aliphatic heterocycles. The number of benzene rings is 2. The summed E-state index contributed by atoms with van der Waals surface area (Å²) in [4.78, 5) is 175. The molecule has 0 radical (unpaired) electrons. The van der Waals surface area contributed by atoms with E-state index in [1.165, 1.54) is 9.80 Å². The smallest absolute Gasteiger partial charge is 0.444 e. The minimum Gasteiger partial charge on any atom is -0.444 e. The summed E-state index contributed by atoms with van der Waals surface area (Å²) < 4.78 is 45.2. The first kappa shape index (κ1) is 77.4. The Morgan fingerprint density at radius 1 is 0.484 bits per heavy atom. The number of rotatable bonds is 18. The Morgan fingerprint density at radius 2 is 0.832 bits per heavy atom. The molecule has 12 amide bonds. The van der Waals surface area contributed by atoms with Gasteiger partial charge in [0.2, 0.25) is 59.1 Å². The second-order valence-electron chi connectivity index (χ2n) is 27.3. The monoisotopic (exact) mass is 1340 g/mol. The molecule has 5 rings (SSSR count). The van der Waals surface area contributed by atoms with Crippen molar-refractivity contribution in [2.45, 2.75) is 225 Å². The molecule has 3 fully saturated rings. The molecule has 3 aliphatic rings. The first-order valence-electron chi connectivity index (χ1n) is 33.1. The summed E-state index contributed by atoms with van der Waals surface area (Å²) in [6.07, 6.45) is -5.93. The molecule has 0 bridgehead atoms. The second kappa shape index (κ2) is 36.0. The lowest BCUT2D eigenvalue weighted by Gasteiger charge is -2.33. The molecule has 0 aliphatic carbocycles. The molecule has 95 heavy (non-hydrogen) atoms. The maximum absolute atomic E-state index is 15.1. The lowest BCUT2D eigenvalue weighted by Crippen LogP contribution is -2.62. The van der Waals surface area contributed by atoms with Crippen LogP contribution in [-0.2, 0) is 70.3 Å². The van der Waals surface area contributed by atoms with Crippen molar-refractivity contribution in [2.75, 3.05) is 26.2 Å². The zero-order valence-electron chi connectivity index (χ0n) is 56.5. The van der Waals surface area contributed by atoms with E-state index in [0.29, 0.717) is 24.0 Å². The molecule has 2 aromatic carbocycles. The third-order valence-electron chi connectivity index (χ3n) is 16.5. The van der Waals surface area contributed by atoms with E-state index in [1.54, 1.807) is 128 Å². The van der Waals surface area contributed by atoms with Crippen LogP contribution in [0, 0.1) is 23.7 Å². The van der Waals surface area contributed by atoms with Crippen LogP contribution in [-0.4, -0.2) is 179 Å². The lowest BCUT2D eigenvalue weighted by atomic mass is 9.98. The highest BCUT2D eigenvalue weighted by atomic mass is 19.4. The molecule has 2 aromatic rings. The van der Waals surface area contributed by atoms with Gasteiger partial charge in [-0.15, -0.1) is 0 Å². The molecule has 10 atom stereocenters. The number of ether oxygens (including phenoxy) is 1. The average molecular weight is 1340 g/mol. The van der Waals surface area contributed by atoms with E-state index in [4.69, 9.17) is 4.74 Å². The predicted molar refractivity (Wildman–Crippen MR) is 346 cm³/mol. The Labute approximate surface area is 554 Å². The van der Waals surface area contributed by atoms with Gasteiger partial charge in [0.15, 0.2) is 0 Å². The number of alkyl halides is 3. The normalized spacial score (nSPS) is 24.7. The molecule has 3 saturated heterocycles. The Kier molecular flexibility index (Phi) is 29.3. The minimum atomic E-state index is -5.22. The largest absolute Gasteiger partial charge is 0.471 e.